The van der Waals surface area contributed by atoms with Crippen LogP contribution >= 0.6 is 0 Å². The Bertz CT molecular complexity index is 218. The monoisotopic (exact) mass is 299 g/mol. The minimum Gasteiger partial charge on any atom is -0.381 e. The maximum atomic E-state index is 6.06. The highest BCUT2D eigenvalue weighted by atomic mass is 16.5. The standard InChI is InChI=1S/C19H41NO/c1-6-8-10-12-19(16(3)4)15-21-14-17(5)18(13-20)11-9-7-2/h16-19H,6-15,20H2,1-5H3/t17?,18-,19-/m1/s1. The van der Waals surface area contributed by atoms with Crippen LogP contribution in [0.2, 0.25) is 0 Å². The molecule has 0 fully saturated rings. The molecule has 0 aliphatic carbocycles. The molecular formula is C19H41NO. The number of ether oxygens (including phenoxy) is 1. The van der Waals surface area contributed by atoms with Crippen molar-refractivity contribution in [2.45, 2.75) is 79.6 Å². The zero-order valence-corrected chi connectivity index (χ0v) is 15.4. The van der Waals surface area contributed by atoms with Crippen molar-refractivity contribution < 1.29 is 4.74 Å². The molecule has 0 spiro atoms. The molecule has 2 N–H and O–H groups in total. The van der Waals surface area contributed by atoms with Gasteiger partial charge in [-0.05, 0) is 43.1 Å². The van der Waals surface area contributed by atoms with Gasteiger partial charge in [-0.2, -0.15) is 0 Å². The third-order valence-electron chi connectivity index (χ3n) is 4.87. The molecule has 0 amide bonds. The molecule has 0 bridgehead atoms. The number of hydrogen-bond acceptors (Lipinski definition) is 2. The molecule has 0 rings (SSSR count). The molecule has 1 unspecified atom stereocenters. The van der Waals surface area contributed by atoms with E-state index in [4.69, 9.17) is 10.5 Å². The first-order valence-electron chi connectivity index (χ1n) is 9.34. The minimum absolute atomic E-state index is 0.588. The molecule has 0 aromatic rings. The highest BCUT2D eigenvalue weighted by molar-refractivity contribution is 4.68. The lowest BCUT2D eigenvalue weighted by atomic mass is 9.89. The third kappa shape index (κ3) is 10.3. The van der Waals surface area contributed by atoms with Crippen LogP contribution in [-0.4, -0.2) is 19.8 Å². The van der Waals surface area contributed by atoms with Crippen LogP contribution in [0.5, 0.6) is 0 Å². The highest BCUT2D eigenvalue weighted by Crippen LogP contribution is 2.21. The molecule has 0 aromatic carbocycles. The van der Waals surface area contributed by atoms with Gasteiger partial charge in [-0.1, -0.05) is 66.7 Å². The quantitative estimate of drug-likeness (QED) is 0.444. The fraction of sp³-hybridized carbons (Fsp3) is 1.00. The third-order valence-corrected chi connectivity index (χ3v) is 4.87. The van der Waals surface area contributed by atoms with E-state index in [1.54, 1.807) is 0 Å². The first-order valence-corrected chi connectivity index (χ1v) is 9.34. The van der Waals surface area contributed by atoms with Crippen LogP contribution in [0.4, 0.5) is 0 Å². The predicted octanol–water partition coefficient (Wildman–Crippen LogP) is 5.26. The fourth-order valence-corrected chi connectivity index (χ4v) is 2.91. The van der Waals surface area contributed by atoms with Crippen molar-refractivity contribution in [3.63, 3.8) is 0 Å². The van der Waals surface area contributed by atoms with Crippen molar-refractivity contribution in [3.8, 4) is 0 Å². The summed E-state index contributed by atoms with van der Waals surface area (Å²) in [4.78, 5) is 0. The van der Waals surface area contributed by atoms with E-state index in [0.29, 0.717) is 11.8 Å². The topological polar surface area (TPSA) is 35.2 Å². The van der Waals surface area contributed by atoms with Crippen LogP contribution in [0.15, 0.2) is 0 Å². The Kier molecular flexibility index (Phi) is 13.5. The zero-order chi connectivity index (χ0) is 16.1. The molecule has 3 atom stereocenters. The Balaban J connectivity index is 3.99. The van der Waals surface area contributed by atoms with Crippen LogP contribution in [0.3, 0.4) is 0 Å². The maximum absolute atomic E-state index is 6.06. The molecule has 128 valence electrons. The molecule has 2 nitrogen and oxygen atoms in total. The van der Waals surface area contributed by atoms with E-state index in [0.717, 1.165) is 31.6 Å². The van der Waals surface area contributed by atoms with Gasteiger partial charge in [0.1, 0.15) is 0 Å². The first kappa shape index (κ1) is 20.9. The van der Waals surface area contributed by atoms with Crippen LogP contribution in [0, 0.1) is 23.7 Å². The van der Waals surface area contributed by atoms with Crippen molar-refractivity contribution in [3.05, 3.63) is 0 Å². The lowest BCUT2D eigenvalue weighted by Gasteiger charge is -2.25. The molecular weight excluding hydrogens is 258 g/mol. The molecule has 0 aliphatic heterocycles. The number of hydrogen-bond donors (Lipinski definition) is 1. The van der Waals surface area contributed by atoms with Crippen molar-refractivity contribution in [1.82, 2.24) is 0 Å². The molecule has 0 heterocycles. The Hall–Kier alpha value is -0.0800. The Labute approximate surface area is 134 Å². The van der Waals surface area contributed by atoms with Gasteiger partial charge >= 0.3 is 0 Å². The van der Waals surface area contributed by atoms with Crippen molar-refractivity contribution in [2.24, 2.45) is 29.4 Å². The summed E-state index contributed by atoms with van der Waals surface area (Å²) < 4.78 is 6.06. The molecule has 0 aromatic heterocycles. The van der Waals surface area contributed by atoms with Crippen LogP contribution in [0.25, 0.3) is 0 Å². The van der Waals surface area contributed by atoms with E-state index < -0.39 is 0 Å². The first-order chi connectivity index (χ1) is 10.1. The van der Waals surface area contributed by atoms with Gasteiger partial charge in [0.25, 0.3) is 0 Å². The summed E-state index contributed by atoms with van der Waals surface area (Å²) in [5.41, 5.74) is 5.92. The van der Waals surface area contributed by atoms with Crippen molar-refractivity contribution in [2.75, 3.05) is 19.8 Å². The second-order valence-corrected chi connectivity index (χ2v) is 7.15. The smallest absolute Gasteiger partial charge is 0.0496 e. The summed E-state index contributed by atoms with van der Waals surface area (Å²) in [6.45, 7) is 14.1. The lowest BCUT2D eigenvalue weighted by Crippen LogP contribution is -2.26. The van der Waals surface area contributed by atoms with Crippen LogP contribution < -0.4 is 5.73 Å². The molecule has 0 radical (unpaired) electrons. The summed E-state index contributed by atoms with van der Waals surface area (Å²) in [6.07, 6.45) is 9.12. The number of rotatable bonds is 14. The second kappa shape index (κ2) is 13.6. The maximum Gasteiger partial charge on any atom is 0.0496 e. The Morgan fingerprint density at radius 2 is 1.43 bits per heavy atom. The molecule has 2 heteroatoms. The summed E-state index contributed by atoms with van der Waals surface area (Å²) in [7, 11) is 0. The highest BCUT2D eigenvalue weighted by Gasteiger charge is 2.18. The van der Waals surface area contributed by atoms with Crippen molar-refractivity contribution >= 4 is 0 Å². The van der Waals surface area contributed by atoms with Gasteiger partial charge in [-0.25, -0.2) is 0 Å². The SMILES string of the molecule is CCCCC[C@H](COCC(C)[C@@H](CN)CCCC)C(C)C. The fourth-order valence-electron chi connectivity index (χ4n) is 2.91. The van der Waals surface area contributed by atoms with Crippen LogP contribution in [-0.2, 0) is 4.74 Å². The van der Waals surface area contributed by atoms with Crippen LogP contribution in [0.1, 0.15) is 79.6 Å². The summed E-state index contributed by atoms with van der Waals surface area (Å²) in [5, 5.41) is 0. The summed E-state index contributed by atoms with van der Waals surface area (Å²) in [5.74, 6) is 2.66. The van der Waals surface area contributed by atoms with E-state index in [9.17, 15) is 0 Å². The van der Waals surface area contributed by atoms with E-state index >= 15 is 0 Å². The molecule has 0 aliphatic rings. The molecule has 21 heavy (non-hydrogen) atoms. The number of unbranched alkanes of at least 4 members (excludes halogenated alkanes) is 3. The minimum atomic E-state index is 0.588. The Morgan fingerprint density at radius 1 is 0.810 bits per heavy atom. The van der Waals surface area contributed by atoms with E-state index in [1.807, 2.05) is 0 Å². The van der Waals surface area contributed by atoms with Gasteiger partial charge in [0.05, 0.1) is 0 Å². The largest absolute Gasteiger partial charge is 0.381 e. The average molecular weight is 300 g/mol. The Morgan fingerprint density at radius 3 is 1.95 bits per heavy atom. The van der Waals surface area contributed by atoms with Gasteiger partial charge in [-0.15, -0.1) is 0 Å². The van der Waals surface area contributed by atoms with Gasteiger partial charge in [0.15, 0.2) is 0 Å². The van der Waals surface area contributed by atoms with Gasteiger partial charge in [0.2, 0.25) is 0 Å². The van der Waals surface area contributed by atoms with Crippen molar-refractivity contribution in [1.29, 1.82) is 0 Å². The summed E-state index contributed by atoms with van der Waals surface area (Å²) >= 11 is 0. The van der Waals surface area contributed by atoms with Gasteiger partial charge < -0.3 is 10.5 Å². The lowest BCUT2D eigenvalue weighted by molar-refractivity contribution is 0.0438. The summed E-state index contributed by atoms with van der Waals surface area (Å²) in [6, 6.07) is 0. The average Bonchev–Trinajstić information content (AvgIpc) is 2.46. The second-order valence-electron chi connectivity index (χ2n) is 7.15. The normalized spacial score (nSPS) is 16.1. The zero-order valence-electron chi connectivity index (χ0n) is 15.4. The van der Waals surface area contributed by atoms with E-state index in [2.05, 4.69) is 34.6 Å². The molecule has 0 saturated carbocycles. The predicted molar refractivity (Wildman–Crippen MR) is 94.5 cm³/mol. The van der Waals surface area contributed by atoms with E-state index in [-0.39, 0.29) is 0 Å². The van der Waals surface area contributed by atoms with Gasteiger partial charge in [0, 0.05) is 13.2 Å². The van der Waals surface area contributed by atoms with E-state index in [1.165, 1.54) is 44.9 Å². The van der Waals surface area contributed by atoms with Gasteiger partial charge in [-0.3, -0.25) is 0 Å². The number of nitrogens with two attached hydrogens (primary N) is 1. The molecule has 0 saturated heterocycles.